The van der Waals surface area contributed by atoms with Crippen molar-refractivity contribution in [3.63, 3.8) is 0 Å². The Labute approximate surface area is 86.8 Å². The van der Waals surface area contributed by atoms with Gasteiger partial charge in [-0.1, -0.05) is 0 Å². The predicted molar refractivity (Wildman–Crippen MR) is 58.3 cm³/mol. The lowest BCUT2D eigenvalue weighted by molar-refractivity contribution is 0.628. The van der Waals surface area contributed by atoms with Crippen LogP contribution in [0, 0.1) is 5.82 Å². The van der Waals surface area contributed by atoms with Crippen LogP contribution >= 0.6 is 0 Å². The molecule has 0 aliphatic rings. The van der Waals surface area contributed by atoms with Crippen LogP contribution in [-0.4, -0.2) is 4.98 Å². The molecule has 4 heteroatoms. The van der Waals surface area contributed by atoms with Crippen molar-refractivity contribution in [1.82, 2.24) is 4.98 Å². The van der Waals surface area contributed by atoms with E-state index in [-0.39, 0.29) is 5.82 Å². The summed E-state index contributed by atoms with van der Waals surface area (Å²) in [6.45, 7) is 0. The molecule has 2 rings (SSSR count). The minimum absolute atomic E-state index is 0.264. The van der Waals surface area contributed by atoms with E-state index >= 15 is 0 Å². The highest BCUT2D eigenvalue weighted by atomic mass is 19.1. The molecular weight excluding hydrogens is 193 g/mol. The highest BCUT2D eigenvalue weighted by molar-refractivity contribution is 5.69. The Balaban J connectivity index is 2.22. The molecule has 3 N–H and O–H groups in total. The fourth-order valence-electron chi connectivity index (χ4n) is 1.21. The van der Waals surface area contributed by atoms with E-state index in [0.29, 0.717) is 11.5 Å². The van der Waals surface area contributed by atoms with Gasteiger partial charge >= 0.3 is 0 Å². The van der Waals surface area contributed by atoms with E-state index < -0.39 is 0 Å². The van der Waals surface area contributed by atoms with E-state index in [1.807, 2.05) is 6.07 Å². The van der Waals surface area contributed by atoms with Crippen LogP contribution < -0.4 is 11.1 Å². The van der Waals surface area contributed by atoms with Crippen molar-refractivity contribution in [2.75, 3.05) is 11.1 Å². The number of aromatic nitrogens is 1. The van der Waals surface area contributed by atoms with Gasteiger partial charge in [0.05, 0.1) is 5.69 Å². The molecule has 15 heavy (non-hydrogen) atoms. The maximum absolute atomic E-state index is 12.6. The second kappa shape index (κ2) is 3.96. The summed E-state index contributed by atoms with van der Waals surface area (Å²) >= 11 is 0. The van der Waals surface area contributed by atoms with E-state index in [2.05, 4.69) is 10.3 Å². The first-order valence-electron chi connectivity index (χ1n) is 4.49. The maximum Gasteiger partial charge on any atom is 0.147 e. The largest absolute Gasteiger partial charge is 0.382 e. The van der Waals surface area contributed by atoms with Crippen molar-refractivity contribution in [3.8, 4) is 0 Å². The van der Waals surface area contributed by atoms with Crippen molar-refractivity contribution >= 4 is 17.2 Å². The van der Waals surface area contributed by atoms with Gasteiger partial charge in [-0.2, -0.15) is 0 Å². The molecular formula is C11H10FN3. The van der Waals surface area contributed by atoms with Gasteiger partial charge in [0.25, 0.3) is 0 Å². The van der Waals surface area contributed by atoms with Crippen LogP contribution in [0.2, 0.25) is 0 Å². The molecule has 76 valence electrons. The van der Waals surface area contributed by atoms with E-state index in [1.54, 1.807) is 24.4 Å². The molecule has 0 bridgehead atoms. The first-order chi connectivity index (χ1) is 7.25. The Morgan fingerprint density at radius 3 is 2.53 bits per heavy atom. The van der Waals surface area contributed by atoms with Gasteiger partial charge in [0.1, 0.15) is 11.6 Å². The third kappa shape index (κ3) is 2.22. The SMILES string of the molecule is Nc1ncccc1Nc1ccc(F)cc1. The second-order valence-corrected chi connectivity index (χ2v) is 3.07. The quantitative estimate of drug-likeness (QED) is 0.788. The van der Waals surface area contributed by atoms with E-state index in [4.69, 9.17) is 5.73 Å². The average molecular weight is 203 g/mol. The van der Waals surface area contributed by atoms with Crippen molar-refractivity contribution in [2.24, 2.45) is 0 Å². The molecule has 0 amide bonds. The molecule has 1 aromatic carbocycles. The number of hydrogen-bond acceptors (Lipinski definition) is 3. The average Bonchev–Trinajstić information content (AvgIpc) is 2.25. The molecule has 2 aromatic rings. The number of benzene rings is 1. The van der Waals surface area contributed by atoms with Crippen LogP contribution in [-0.2, 0) is 0 Å². The monoisotopic (exact) mass is 203 g/mol. The molecule has 0 fully saturated rings. The number of halogens is 1. The van der Waals surface area contributed by atoms with Gasteiger partial charge in [0.2, 0.25) is 0 Å². The van der Waals surface area contributed by atoms with Crippen LogP contribution in [0.25, 0.3) is 0 Å². The molecule has 0 atom stereocenters. The lowest BCUT2D eigenvalue weighted by atomic mass is 10.3. The predicted octanol–water partition coefficient (Wildman–Crippen LogP) is 2.55. The number of anilines is 3. The van der Waals surface area contributed by atoms with Gasteiger partial charge in [0.15, 0.2) is 0 Å². The Morgan fingerprint density at radius 1 is 1.13 bits per heavy atom. The Kier molecular flexibility index (Phi) is 2.49. The number of nitrogens with zero attached hydrogens (tertiary/aromatic N) is 1. The fraction of sp³-hybridized carbons (Fsp3) is 0. The van der Waals surface area contributed by atoms with Crippen molar-refractivity contribution < 1.29 is 4.39 Å². The highest BCUT2D eigenvalue weighted by Crippen LogP contribution is 2.20. The first kappa shape index (κ1) is 9.45. The summed E-state index contributed by atoms with van der Waals surface area (Å²) in [4.78, 5) is 3.93. The summed E-state index contributed by atoms with van der Waals surface area (Å²) < 4.78 is 12.6. The zero-order valence-corrected chi connectivity index (χ0v) is 7.94. The highest BCUT2D eigenvalue weighted by Gasteiger charge is 1.99. The number of pyridine rings is 1. The number of rotatable bonds is 2. The Morgan fingerprint density at radius 2 is 1.87 bits per heavy atom. The van der Waals surface area contributed by atoms with E-state index in [0.717, 1.165) is 5.69 Å². The van der Waals surface area contributed by atoms with Gasteiger partial charge in [-0.3, -0.25) is 0 Å². The number of nitrogen functional groups attached to an aromatic ring is 1. The van der Waals surface area contributed by atoms with Crippen LogP contribution in [0.4, 0.5) is 21.6 Å². The molecule has 1 aromatic heterocycles. The van der Waals surface area contributed by atoms with Crippen molar-refractivity contribution in [3.05, 3.63) is 48.4 Å². The molecule has 3 nitrogen and oxygen atoms in total. The zero-order valence-electron chi connectivity index (χ0n) is 7.94. The maximum atomic E-state index is 12.6. The summed E-state index contributed by atoms with van der Waals surface area (Å²) in [5.41, 5.74) is 7.14. The normalized spacial score (nSPS) is 9.93. The molecule has 0 aliphatic carbocycles. The van der Waals surface area contributed by atoms with E-state index in [9.17, 15) is 4.39 Å². The van der Waals surface area contributed by atoms with Crippen LogP contribution in [0.5, 0.6) is 0 Å². The fourth-order valence-corrected chi connectivity index (χ4v) is 1.21. The molecule has 0 radical (unpaired) electrons. The summed E-state index contributed by atoms with van der Waals surface area (Å²) in [6.07, 6.45) is 1.62. The lowest BCUT2D eigenvalue weighted by Crippen LogP contribution is -1.97. The molecule has 0 saturated heterocycles. The van der Waals surface area contributed by atoms with Gasteiger partial charge in [-0.05, 0) is 36.4 Å². The minimum atomic E-state index is -0.264. The number of hydrogen-bond donors (Lipinski definition) is 2. The minimum Gasteiger partial charge on any atom is -0.382 e. The molecule has 0 unspecified atom stereocenters. The molecule has 0 spiro atoms. The standard InChI is InChI=1S/C11H10FN3/c12-8-3-5-9(6-4-8)15-10-2-1-7-14-11(10)13/h1-7,15H,(H2,13,14). The topological polar surface area (TPSA) is 50.9 Å². The van der Waals surface area contributed by atoms with Crippen LogP contribution in [0.15, 0.2) is 42.6 Å². The molecule has 0 aliphatic heterocycles. The zero-order chi connectivity index (χ0) is 10.7. The number of nitrogens with two attached hydrogens (primary N) is 1. The van der Waals surface area contributed by atoms with Gasteiger partial charge in [0, 0.05) is 11.9 Å². The van der Waals surface area contributed by atoms with Crippen LogP contribution in [0.1, 0.15) is 0 Å². The summed E-state index contributed by atoms with van der Waals surface area (Å²) in [5, 5.41) is 3.05. The second-order valence-electron chi connectivity index (χ2n) is 3.07. The summed E-state index contributed by atoms with van der Waals surface area (Å²) in [6, 6.07) is 9.64. The van der Waals surface area contributed by atoms with Gasteiger partial charge < -0.3 is 11.1 Å². The van der Waals surface area contributed by atoms with Crippen molar-refractivity contribution in [2.45, 2.75) is 0 Å². The molecule has 0 saturated carbocycles. The van der Waals surface area contributed by atoms with E-state index in [1.165, 1.54) is 12.1 Å². The first-order valence-corrected chi connectivity index (χ1v) is 4.49. The number of nitrogens with one attached hydrogen (secondary N) is 1. The summed E-state index contributed by atoms with van der Waals surface area (Å²) in [5.74, 6) is 0.154. The van der Waals surface area contributed by atoms with Gasteiger partial charge in [-0.15, -0.1) is 0 Å². The third-order valence-corrected chi connectivity index (χ3v) is 1.96. The third-order valence-electron chi connectivity index (χ3n) is 1.96. The van der Waals surface area contributed by atoms with Gasteiger partial charge in [-0.25, -0.2) is 9.37 Å². The van der Waals surface area contributed by atoms with Crippen molar-refractivity contribution in [1.29, 1.82) is 0 Å². The summed E-state index contributed by atoms with van der Waals surface area (Å²) in [7, 11) is 0. The Hall–Kier alpha value is -2.10. The smallest absolute Gasteiger partial charge is 0.147 e. The molecule has 1 heterocycles. The van der Waals surface area contributed by atoms with Crippen LogP contribution in [0.3, 0.4) is 0 Å². The lowest BCUT2D eigenvalue weighted by Gasteiger charge is -2.07. The Bertz CT molecular complexity index is 454.